The van der Waals surface area contributed by atoms with Crippen molar-refractivity contribution < 1.29 is 13.2 Å². The number of nitrogens with zero attached hydrogens (tertiary/aromatic N) is 1. The van der Waals surface area contributed by atoms with Crippen molar-refractivity contribution in [2.45, 2.75) is 33.1 Å². The smallest absolute Gasteiger partial charge is 0.232 e. The number of nitrogens with one attached hydrogen (secondary N) is 1. The van der Waals surface area contributed by atoms with Crippen molar-refractivity contribution in [3.8, 4) is 0 Å². The van der Waals surface area contributed by atoms with E-state index in [1.54, 1.807) is 6.07 Å². The summed E-state index contributed by atoms with van der Waals surface area (Å²) in [5.41, 5.74) is 3.59. The second kappa shape index (κ2) is 8.85. The van der Waals surface area contributed by atoms with E-state index >= 15 is 0 Å². The number of benzene rings is 2. The van der Waals surface area contributed by atoms with Gasteiger partial charge < -0.3 is 5.32 Å². The second-order valence-corrected chi connectivity index (χ2v) is 8.28. The van der Waals surface area contributed by atoms with Crippen LogP contribution < -0.4 is 9.62 Å². The highest BCUT2D eigenvalue weighted by Gasteiger charge is 2.17. The topological polar surface area (TPSA) is 66.5 Å². The summed E-state index contributed by atoms with van der Waals surface area (Å²) in [5.74, 6) is -0.119. The minimum absolute atomic E-state index is 0.119. The third-order valence-electron chi connectivity index (χ3n) is 4.10. The van der Waals surface area contributed by atoms with E-state index in [2.05, 4.69) is 12.2 Å². The molecule has 0 aromatic heterocycles. The Labute approximate surface area is 156 Å². The largest absolute Gasteiger partial charge is 0.326 e. The molecule has 0 aliphatic heterocycles. The highest BCUT2D eigenvalue weighted by atomic mass is 32.2. The minimum atomic E-state index is -3.40. The van der Waals surface area contributed by atoms with Crippen molar-refractivity contribution in [2.75, 3.05) is 22.4 Å². The predicted octanol–water partition coefficient (Wildman–Crippen LogP) is 3.74. The zero-order valence-corrected chi connectivity index (χ0v) is 16.3. The molecule has 0 fully saturated rings. The maximum Gasteiger partial charge on any atom is 0.232 e. The standard InChI is InChI=1S/C20H26N2O3S/c1-4-17-10-12-18(13-11-17)21-20(23)9-6-14-22(26(3,24)25)19-8-5-7-16(2)15-19/h5,7-8,10-13,15H,4,6,9,14H2,1-3H3,(H,21,23). The monoisotopic (exact) mass is 374 g/mol. The molecule has 0 spiro atoms. The fraction of sp³-hybridized carbons (Fsp3) is 0.350. The van der Waals surface area contributed by atoms with Crippen LogP contribution >= 0.6 is 0 Å². The van der Waals surface area contributed by atoms with Gasteiger partial charge in [0.1, 0.15) is 0 Å². The van der Waals surface area contributed by atoms with Crippen molar-refractivity contribution in [1.29, 1.82) is 0 Å². The normalized spacial score (nSPS) is 11.2. The van der Waals surface area contributed by atoms with Crippen LogP contribution in [0, 0.1) is 6.92 Å². The maximum atomic E-state index is 12.1. The van der Waals surface area contributed by atoms with Crippen LogP contribution in [0.15, 0.2) is 48.5 Å². The number of hydrogen-bond acceptors (Lipinski definition) is 3. The minimum Gasteiger partial charge on any atom is -0.326 e. The number of amides is 1. The molecule has 6 heteroatoms. The van der Waals surface area contributed by atoms with Gasteiger partial charge in [-0.05, 0) is 55.2 Å². The van der Waals surface area contributed by atoms with Crippen LogP contribution in [0.1, 0.15) is 30.9 Å². The molecule has 140 valence electrons. The first-order chi connectivity index (χ1) is 12.3. The fourth-order valence-corrected chi connectivity index (χ4v) is 3.66. The van der Waals surface area contributed by atoms with Gasteiger partial charge in [-0.15, -0.1) is 0 Å². The number of sulfonamides is 1. The van der Waals surface area contributed by atoms with Gasteiger partial charge in [0, 0.05) is 18.7 Å². The van der Waals surface area contributed by atoms with Crippen molar-refractivity contribution in [3.63, 3.8) is 0 Å². The van der Waals surface area contributed by atoms with Crippen molar-refractivity contribution >= 4 is 27.3 Å². The van der Waals surface area contributed by atoms with Gasteiger partial charge in [-0.3, -0.25) is 9.10 Å². The summed E-state index contributed by atoms with van der Waals surface area (Å²) in [6, 6.07) is 15.1. The molecule has 5 nitrogen and oxygen atoms in total. The van der Waals surface area contributed by atoms with Crippen LogP contribution in [0.5, 0.6) is 0 Å². The van der Waals surface area contributed by atoms with Crippen LogP contribution in [0.4, 0.5) is 11.4 Å². The van der Waals surface area contributed by atoms with Gasteiger partial charge in [0.15, 0.2) is 0 Å². The Balaban J connectivity index is 1.93. The van der Waals surface area contributed by atoms with Gasteiger partial charge in [-0.2, -0.15) is 0 Å². The summed E-state index contributed by atoms with van der Waals surface area (Å²) >= 11 is 0. The van der Waals surface area contributed by atoms with Gasteiger partial charge in [0.2, 0.25) is 15.9 Å². The molecule has 0 bridgehead atoms. The molecule has 0 aliphatic rings. The summed E-state index contributed by atoms with van der Waals surface area (Å²) in [7, 11) is -3.40. The third kappa shape index (κ3) is 5.88. The highest BCUT2D eigenvalue weighted by Crippen LogP contribution is 2.19. The Bertz CT molecular complexity index is 846. The molecular weight excluding hydrogens is 348 g/mol. The molecule has 0 saturated carbocycles. The quantitative estimate of drug-likeness (QED) is 0.765. The average molecular weight is 375 g/mol. The predicted molar refractivity (Wildman–Crippen MR) is 107 cm³/mol. The van der Waals surface area contributed by atoms with E-state index in [-0.39, 0.29) is 18.9 Å². The second-order valence-electron chi connectivity index (χ2n) is 6.38. The van der Waals surface area contributed by atoms with Gasteiger partial charge >= 0.3 is 0 Å². The first-order valence-corrected chi connectivity index (χ1v) is 10.6. The molecule has 1 amide bonds. The van der Waals surface area contributed by atoms with Gasteiger partial charge in [-0.1, -0.05) is 31.2 Å². The number of aryl methyl sites for hydroxylation is 2. The molecular formula is C20H26N2O3S. The molecule has 2 aromatic carbocycles. The zero-order chi connectivity index (χ0) is 19.2. The lowest BCUT2D eigenvalue weighted by molar-refractivity contribution is -0.116. The summed E-state index contributed by atoms with van der Waals surface area (Å²) in [4.78, 5) is 12.1. The number of carbonyl (C=O) groups is 1. The van der Waals surface area contributed by atoms with Crippen LogP contribution in [0.3, 0.4) is 0 Å². The number of hydrogen-bond donors (Lipinski definition) is 1. The summed E-state index contributed by atoms with van der Waals surface area (Å²) < 4.78 is 25.5. The van der Waals surface area contributed by atoms with Crippen LogP contribution in [0.25, 0.3) is 0 Å². The third-order valence-corrected chi connectivity index (χ3v) is 5.30. The Hall–Kier alpha value is -2.34. The van der Waals surface area contributed by atoms with E-state index in [9.17, 15) is 13.2 Å². The van der Waals surface area contributed by atoms with Crippen LogP contribution in [0.2, 0.25) is 0 Å². The SMILES string of the molecule is CCc1ccc(NC(=O)CCCN(c2cccc(C)c2)S(C)(=O)=O)cc1. The van der Waals surface area contributed by atoms with Crippen LogP contribution in [-0.2, 0) is 21.2 Å². The van der Waals surface area contributed by atoms with Crippen molar-refractivity contribution in [3.05, 3.63) is 59.7 Å². The van der Waals surface area contributed by atoms with E-state index in [1.807, 2.05) is 49.4 Å². The zero-order valence-electron chi connectivity index (χ0n) is 15.5. The fourth-order valence-electron chi connectivity index (χ4n) is 2.70. The van der Waals surface area contributed by atoms with Crippen LogP contribution in [-0.4, -0.2) is 27.1 Å². The van der Waals surface area contributed by atoms with E-state index in [1.165, 1.54) is 16.1 Å². The average Bonchev–Trinajstić information content (AvgIpc) is 2.58. The number of rotatable bonds is 8. The lowest BCUT2D eigenvalue weighted by atomic mass is 10.1. The lowest BCUT2D eigenvalue weighted by Crippen LogP contribution is -2.31. The van der Waals surface area contributed by atoms with Gasteiger partial charge in [-0.25, -0.2) is 8.42 Å². The van der Waals surface area contributed by atoms with Gasteiger partial charge in [0.25, 0.3) is 0 Å². The molecule has 0 aliphatic carbocycles. The van der Waals surface area contributed by atoms with Crippen molar-refractivity contribution in [1.82, 2.24) is 0 Å². The molecule has 0 unspecified atom stereocenters. The lowest BCUT2D eigenvalue weighted by Gasteiger charge is -2.22. The molecule has 0 heterocycles. The highest BCUT2D eigenvalue weighted by molar-refractivity contribution is 7.92. The molecule has 2 aromatic rings. The molecule has 0 radical (unpaired) electrons. The van der Waals surface area contributed by atoms with Gasteiger partial charge in [0.05, 0.1) is 11.9 Å². The Morgan fingerprint density at radius 1 is 1.12 bits per heavy atom. The van der Waals surface area contributed by atoms with E-state index in [4.69, 9.17) is 0 Å². The number of carbonyl (C=O) groups excluding carboxylic acids is 1. The summed E-state index contributed by atoms with van der Waals surface area (Å²) in [6.07, 6.45) is 2.84. The van der Waals surface area contributed by atoms with E-state index in [0.717, 1.165) is 17.7 Å². The maximum absolute atomic E-state index is 12.1. The first kappa shape index (κ1) is 20.0. The molecule has 0 saturated heterocycles. The first-order valence-electron chi connectivity index (χ1n) is 8.73. The summed E-state index contributed by atoms with van der Waals surface area (Å²) in [5, 5.41) is 2.85. The van der Waals surface area contributed by atoms with Crippen molar-refractivity contribution in [2.24, 2.45) is 0 Å². The molecule has 2 rings (SSSR count). The molecule has 26 heavy (non-hydrogen) atoms. The molecule has 1 N–H and O–H groups in total. The Kier molecular flexibility index (Phi) is 6.80. The number of anilines is 2. The molecule has 0 atom stereocenters. The van der Waals surface area contributed by atoms with E-state index in [0.29, 0.717) is 12.1 Å². The Morgan fingerprint density at radius 3 is 2.38 bits per heavy atom. The van der Waals surface area contributed by atoms with E-state index < -0.39 is 10.0 Å². The summed E-state index contributed by atoms with van der Waals surface area (Å²) in [6.45, 7) is 4.26. The Morgan fingerprint density at radius 2 is 1.81 bits per heavy atom.